The lowest BCUT2D eigenvalue weighted by atomic mass is 10.2. The molecule has 0 aliphatic heterocycles. The Labute approximate surface area is 79.9 Å². The van der Waals surface area contributed by atoms with E-state index in [1.54, 1.807) is 0 Å². The number of rotatable bonds is 5. The van der Waals surface area contributed by atoms with Gasteiger partial charge in [0.05, 0.1) is 5.69 Å². The van der Waals surface area contributed by atoms with E-state index in [1.165, 1.54) is 18.5 Å². The molecule has 0 aliphatic rings. The van der Waals surface area contributed by atoms with Crippen LogP contribution in [0, 0.1) is 13.8 Å². The molecule has 3 nitrogen and oxygen atoms in total. The Balaban J connectivity index is 2.32. The molecule has 0 fully saturated rings. The van der Waals surface area contributed by atoms with Gasteiger partial charge in [-0.15, -0.1) is 0 Å². The molecule has 1 aromatic rings. The summed E-state index contributed by atoms with van der Waals surface area (Å²) in [4.78, 5) is 0. The van der Waals surface area contributed by atoms with Crippen molar-refractivity contribution >= 4 is 0 Å². The molecule has 1 rings (SSSR count). The molecule has 0 amide bonds. The highest BCUT2D eigenvalue weighted by Crippen LogP contribution is 2.04. The van der Waals surface area contributed by atoms with E-state index in [2.05, 4.69) is 22.8 Å². The van der Waals surface area contributed by atoms with Gasteiger partial charge >= 0.3 is 0 Å². The molecule has 1 heterocycles. The van der Waals surface area contributed by atoms with E-state index in [0.717, 1.165) is 25.2 Å². The predicted octanol–water partition coefficient (Wildman–Crippen LogP) is 1.63. The van der Waals surface area contributed by atoms with E-state index in [-0.39, 0.29) is 0 Å². The van der Waals surface area contributed by atoms with Gasteiger partial charge in [-0.25, -0.2) is 0 Å². The minimum absolute atomic E-state index is 0.803. The average molecular weight is 181 g/mol. The van der Waals surface area contributed by atoms with Gasteiger partial charge in [0.15, 0.2) is 0 Å². The molecule has 0 unspecified atom stereocenters. The number of unbranched alkanes of at least 4 members (excludes halogenated alkanes) is 2. The van der Waals surface area contributed by atoms with Crippen molar-refractivity contribution in [3.8, 4) is 0 Å². The van der Waals surface area contributed by atoms with Crippen molar-refractivity contribution in [3.63, 3.8) is 0 Å². The maximum Gasteiger partial charge on any atom is 0.0596 e. The fourth-order valence-corrected chi connectivity index (χ4v) is 1.48. The first-order valence-corrected chi connectivity index (χ1v) is 4.95. The van der Waals surface area contributed by atoms with Gasteiger partial charge in [-0.1, -0.05) is 6.42 Å². The molecule has 13 heavy (non-hydrogen) atoms. The van der Waals surface area contributed by atoms with Crippen LogP contribution in [-0.2, 0) is 6.54 Å². The summed E-state index contributed by atoms with van der Waals surface area (Å²) < 4.78 is 2.08. The highest BCUT2D eigenvalue weighted by atomic mass is 15.3. The molecule has 3 heteroatoms. The summed E-state index contributed by atoms with van der Waals surface area (Å²) in [5, 5.41) is 4.39. The summed E-state index contributed by atoms with van der Waals surface area (Å²) in [6.45, 7) is 5.96. The largest absolute Gasteiger partial charge is 0.330 e. The van der Waals surface area contributed by atoms with E-state index in [4.69, 9.17) is 5.73 Å². The van der Waals surface area contributed by atoms with Crippen LogP contribution in [0.25, 0.3) is 0 Å². The fourth-order valence-electron chi connectivity index (χ4n) is 1.48. The standard InChI is InChI=1S/C10H19N3/c1-9-8-10(2)13(12-9)7-5-3-4-6-11/h8H,3-7,11H2,1-2H3. The summed E-state index contributed by atoms with van der Waals surface area (Å²) in [7, 11) is 0. The van der Waals surface area contributed by atoms with Crippen LogP contribution < -0.4 is 5.73 Å². The van der Waals surface area contributed by atoms with E-state index < -0.39 is 0 Å². The first kappa shape index (κ1) is 10.3. The number of aromatic nitrogens is 2. The van der Waals surface area contributed by atoms with Crippen molar-refractivity contribution in [2.75, 3.05) is 6.54 Å². The van der Waals surface area contributed by atoms with Gasteiger partial charge in [0.1, 0.15) is 0 Å². The highest BCUT2D eigenvalue weighted by molar-refractivity contribution is 5.06. The zero-order valence-corrected chi connectivity index (χ0v) is 8.58. The van der Waals surface area contributed by atoms with Crippen LogP contribution in [0.3, 0.4) is 0 Å². The van der Waals surface area contributed by atoms with Crippen LogP contribution in [-0.4, -0.2) is 16.3 Å². The first-order valence-electron chi connectivity index (χ1n) is 4.95. The molecule has 0 aromatic carbocycles. The fraction of sp³-hybridized carbons (Fsp3) is 0.700. The van der Waals surface area contributed by atoms with E-state index in [0.29, 0.717) is 0 Å². The second-order valence-corrected chi connectivity index (χ2v) is 3.50. The Hall–Kier alpha value is -0.830. The third kappa shape index (κ3) is 3.19. The van der Waals surface area contributed by atoms with Gasteiger partial charge in [0.2, 0.25) is 0 Å². The molecule has 0 spiro atoms. The highest BCUT2D eigenvalue weighted by Gasteiger charge is 1.99. The van der Waals surface area contributed by atoms with E-state index >= 15 is 0 Å². The Morgan fingerprint density at radius 1 is 1.31 bits per heavy atom. The maximum absolute atomic E-state index is 5.42. The normalized spacial score (nSPS) is 10.7. The van der Waals surface area contributed by atoms with Gasteiger partial charge in [-0.05, 0) is 39.3 Å². The van der Waals surface area contributed by atoms with Gasteiger partial charge in [-0.2, -0.15) is 5.10 Å². The molecule has 0 saturated heterocycles. The summed E-state index contributed by atoms with van der Waals surface area (Å²) in [5.41, 5.74) is 7.78. The number of hydrogen-bond donors (Lipinski definition) is 1. The molecule has 74 valence electrons. The average Bonchev–Trinajstić information content (AvgIpc) is 2.39. The van der Waals surface area contributed by atoms with Crippen molar-refractivity contribution in [2.45, 2.75) is 39.7 Å². The molecule has 2 N–H and O–H groups in total. The summed E-state index contributed by atoms with van der Waals surface area (Å²) in [6.07, 6.45) is 3.51. The SMILES string of the molecule is Cc1cc(C)n(CCCCCN)n1. The molecule has 0 saturated carbocycles. The maximum atomic E-state index is 5.42. The second kappa shape index (κ2) is 5.02. The van der Waals surface area contributed by atoms with Crippen LogP contribution in [0.2, 0.25) is 0 Å². The minimum atomic E-state index is 0.803. The number of nitrogens with two attached hydrogens (primary N) is 1. The Bertz CT molecular complexity index is 253. The van der Waals surface area contributed by atoms with Crippen molar-refractivity contribution in [1.82, 2.24) is 9.78 Å². The number of aryl methyl sites for hydroxylation is 3. The summed E-state index contributed by atoms with van der Waals surface area (Å²) in [6, 6.07) is 2.11. The van der Waals surface area contributed by atoms with Crippen molar-refractivity contribution in [2.24, 2.45) is 5.73 Å². The van der Waals surface area contributed by atoms with Gasteiger partial charge in [-0.3, -0.25) is 4.68 Å². The van der Waals surface area contributed by atoms with Gasteiger partial charge < -0.3 is 5.73 Å². The van der Waals surface area contributed by atoms with Crippen molar-refractivity contribution in [1.29, 1.82) is 0 Å². The molecular formula is C10H19N3. The third-order valence-corrected chi connectivity index (χ3v) is 2.18. The Morgan fingerprint density at radius 2 is 2.08 bits per heavy atom. The lowest BCUT2D eigenvalue weighted by molar-refractivity contribution is 0.534. The molecule has 0 radical (unpaired) electrons. The smallest absolute Gasteiger partial charge is 0.0596 e. The van der Waals surface area contributed by atoms with Crippen molar-refractivity contribution < 1.29 is 0 Å². The minimum Gasteiger partial charge on any atom is -0.330 e. The van der Waals surface area contributed by atoms with E-state index in [1.807, 2.05) is 6.92 Å². The molecule has 0 aliphatic carbocycles. The third-order valence-electron chi connectivity index (χ3n) is 2.18. The lowest BCUT2D eigenvalue weighted by Gasteiger charge is -2.03. The molecule has 0 bridgehead atoms. The monoisotopic (exact) mass is 181 g/mol. The topological polar surface area (TPSA) is 43.8 Å². The van der Waals surface area contributed by atoms with Gasteiger partial charge in [0, 0.05) is 12.2 Å². The Morgan fingerprint density at radius 3 is 2.62 bits per heavy atom. The quantitative estimate of drug-likeness (QED) is 0.702. The van der Waals surface area contributed by atoms with Crippen LogP contribution in [0.15, 0.2) is 6.07 Å². The number of hydrogen-bond acceptors (Lipinski definition) is 2. The van der Waals surface area contributed by atoms with Crippen LogP contribution in [0.5, 0.6) is 0 Å². The zero-order valence-electron chi connectivity index (χ0n) is 8.58. The lowest BCUT2D eigenvalue weighted by Crippen LogP contribution is -2.04. The zero-order chi connectivity index (χ0) is 9.68. The second-order valence-electron chi connectivity index (χ2n) is 3.50. The summed E-state index contributed by atoms with van der Waals surface area (Å²) in [5.74, 6) is 0. The van der Waals surface area contributed by atoms with Crippen LogP contribution in [0.4, 0.5) is 0 Å². The van der Waals surface area contributed by atoms with Crippen LogP contribution in [0.1, 0.15) is 30.7 Å². The first-order chi connectivity index (χ1) is 6.24. The van der Waals surface area contributed by atoms with E-state index in [9.17, 15) is 0 Å². The van der Waals surface area contributed by atoms with Crippen LogP contribution >= 0.6 is 0 Å². The number of nitrogens with zero attached hydrogens (tertiary/aromatic N) is 2. The van der Waals surface area contributed by atoms with Gasteiger partial charge in [0.25, 0.3) is 0 Å². The van der Waals surface area contributed by atoms with Crippen molar-refractivity contribution in [3.05, 3.63) is 17.5 Å². The predicted molar refractivity (Wildman–Crippen MR) is 54.6 cm³/mol. The molecular weight excluding hydrogens is 162 g/mol. The summed E-state index contributed by atoms with van der Waals surface area (Å²) >= 11 is 0. The molecule has 0 atom stereocenters. The molecule has 1 aromatic heterocycles. The Kier molecular flexibility index (Phi) is 3.96.